The number of likely N-dealkylation sites (N-methyl/N-ethyl adjacent to an activating group) is 1. The van der Waals surface area contributed by atoms with E-state index in [1.807, 2.05) is 45.0 Å². The van der Waals surface area contributed by atoms with E-state index in [1.54, 1.807) is 0 Å². The molecule has 0 aliphatic carbocycles. The Kier molecular flexibility index (Phi) is 4.91. The summed E-state index contributed by atoms with van der Waals surface area (Å²) in [6, 6.07) is 3.84. The first kappa shape index (κ1) is 14.4. The Morgan fingerprint density at radius 3 is 2.65 bits per heavy atom. The maximum absolute atomic E-state index is 10.1. The van der Waals surface area contributed by atoms with E-state index < -0.39 is 5.60 Å². The van der Waals surface area contributed by atoms with Gasteiger partial charge in [-0.2, -0.15) is 0 Å². The topological polar surface area (TPSA) is 48.4 Å². The number of halogens is 1. The van der Waals surface area contributed by atoms with E-state index in [-0.39, 0.29) is 0 Å². The lowest BCUT2D eigenvalue weighted by molar-refractivity contribution is 0.0459. The lowest BCUT2D eigenvalue weighted by Crippen LogP contribution is -2.43. The molecular weight excluding hydrogens is 282 g/mol. The quantitative estimate of drug-likeness (QED) is 0.872. The first-order chi connectivity index (χ1) is 7.80. The molecule has 1 aromatic rings. The number of hydrogen-bond donors (Lipinski definition) is 2. The van der Waals surface area contributed by atoms with Gasteiger partial charge in [-0.25, -0.2) is 4.98 Å². The Labute approximate surface area is 111 Å². The normalized spacial score (nSPS) is 14.8. The van der Waals surface area contributed by atoms with Crippen molar-refractivity contribution in [2.45, 2.75) is 19.4 Å². The minimum absolute atomic E-state index is 0.471. The predicted molar refractivity (Wildman–Crippen MR) is 74.3 cm³/mol. The van der Waals surface area contributed by atoms with E-state index in [1.165, 1.54) is 0 Å². The van der Waals surface area contributed by atoms with E-state index in [2.05, 4.69) is 26.2 Å². The molecule has 1 rings (SSSR count). The van der Waals surface area contributed by atoms with Crippen LogP contribution in [0.5, 0.6) is 0 Å². The standard InChI is InChI=1S/C12H20BrN3O/c1-9-10(13)5-6-11(15-9)14-7-12(2,17)8-16(3)4/h5-6,17H,7-8H2,1-4H3,(H,14,15). The molecule has 1 atom stereocenters. The van der Waals surface area contributed by atoms with E-state index in [4.69, 9.17) is 0 Å². The molecule has 0 amide bonds. The predicted octanol–water partition coefficient (Wildman–Crippen LogP) is 1.88. The summed E-state index contributed by atoms with van der Waals surface area (Å²) in [7, 11) is 3.88. The fraction of sp³-hybridized carbons (Fsp3) is 0.583. The summed E-state index contributed by atoms with van der Waals surface area (Å²) in [6.45, 7) is 4.83. The van der Waals surface area contributed by atoms with Gasteiger partial charge >= 0.3 is 0 Å². The second kappa shape index (κ2) is 5.80. The van der Waals surface area contributed by atoms with Crippen LogP contribution < -0.4 is 5.32 Å². The number of anilines is 1. The molecule has 2 N–H and O–H groups in total. The molecule has 0 fully saturated rings. The van der Waals surface area contributed by atoms with Crippen molar-refractivity contribution in [2.24, 2.45) is 0 Å². The van der Waals surface area contributed by atoms with Gasteiger partial charge in [0.25, 0.3) is 0 Å². The molecule has 1 aromatic heterocycles. The van der Waals surface area contributed by atoms with Crippen LogP contribution in [0.3, 0.4) is 0 Å². The largest absolute Gasteiger partial charge is 0.387 e. The van der Waals surface area contributed by atoms with Gasteiger partial charge in [0.2, 0.25) is 0 Å². The van der Waals surface area contributed by atoms with Crippen molar-refractivity contribution < 1.29 is 5.11 Å². The minimum Gasteiger partial charge on any atom is -0.387 e. The van der Waals surface area contributed by atoms with Crippen LogP contribution in [0.15, 0.2) is 16.6 Å². The molecule has 96 valence electrons. The molecule has 0 aliphatic heterocycles. The van der Waals surface area contributed by atoms with Crippen LogP contribution in [0.1, 0.15) is 12.6 Å². The smallest absolute Gasteiger partial charge is 0.126 e. The van der Waals surface area contributed by atoms with Gasteiger partial charge in [0, 0.05) is 17.6 Å². The van der Waals surface area contributed by atoms with Gasteiger partial charge in [0.1, 0.15) is 5.82 Å². The van der Waals surface area contributed by atoms with E-state index in [0.29, 0.717) is 13.1 Å². The molecule has 0 aliphatic rings. The van der Waals surface area contributed by atoms with Crippen molar-refractivity contribution >= 4 is 21.7 Å². The van der Waals surface area contributed by atoms with Crippen LogP contribution in [0.2, 0.25) is 0 Å². The molecule has 0 radical (unpaired) electrons. The van der Waals surface area contributed by atoms with E-state index in [9.17, 15) is 5.11 Å². The summed E-state index contributed by atoms with van der Waals surface area (Å²) in [6.07, 6.45) is 0. The summed E-state index contributed by atoms with van der Waals surface area (Å²) in [5.41, 5.74) is 0.161. The van der Waals surface area contributed by atoms with Crippen molar-refractivity contribution in [2.75, 3.05) is 32.5 Å². The Morgan fingerprint density at radius 1 is 1.47 bits per heavy atom. The van der Waals surface area contributed by atoms with Crippen molar-refractivity contribution in [1.82, 2.24) is 9.88 Å². The number of aliphatic hydroxyl groups is 1. The van der Waals surface area contributed by atoms with Crippen molar-refractivity contribution in [3.05, 3.63) is 22.3 Å². The van der Waals surface area contributed by atoms with Crippen molar-refractivity contribution in [3.8, 4) is 0 Å². The van der Waals surface area contributed by atoms with Crippen molar-refractivity contribution in [1.29, 1.82) is 0 Å². The van der Waals surface area contributed by atoms with Gasteiger partial charge in [-0.3, -0.25) is 0 Å². The Bertz CT molecular complexity index is 380. The van der Waals surface area contributed by atoms with Crippen LogP contribution in [0.25, 0.3) is 0 Å². The van der Waals surface area contributed by atoms with Crippen LogP contribution in [0, 0.1) is 6.92 Å². The second-order valence-corrected chi connectivity index (χ2v) is 5.71. The maximum atomic E-state index is 10.1. The van der Waals surface area contributed by atoms with Crippen molar-refractivity contribution in [3.63, 3.8) is 0 Å². The zero-order chi connectivity index (χ0) is 13.1. The zero-order valence-corrected chi connectivity index (χ0v) is 12.4. The number of nitrogens with one attached hydrogen (secondary N) is 1. The summed E-state index contributed by atoms with van der Waals surface area (Å²) in [5.74, 6) is 0.782. The highest BCUT2D eigenvalue weighted by Crippen LogP contribution is 2.16. The molecular formula is C12H20BrN3O. The Hall–Kier alpha value is -0.650. The van der Waals surface area contributed by atoms with Gasteiger partial charge in [-0.05, 0) is 56.0 Å². The fourth-order valence-electron chi connectivity index (χ4n) is 1.66. The lowest BCUT2D eigenvalue weighted by atomic mass is 10.1. The van der Waals surface area contributed by atoms with E-state index >= 15 is 0 Å². The number of aryl methyl sites for hydroxylation is 1. The van der Waals surface area contributed by atoms with Gasteiger partial charge in [0.05, 0.1) is 11.3 Å². The number of aromatic nitrogens is 1. The van der Waals surface area contributed by atoms with Gasteiger partial charge < -0.3 is 15.3 Å². The molecule has 1 heterocycles. The second-order valence-electron chi connectivity index (χ2n) is 4.85. The molecule has 4 nitrogen and oxygen atoms in total. The summed E-state index contributed by atoms with van der Waals surface area (Å²) < 4.78 is 0.989. The van der Waals surface area contributed by atoms with Crippen LogP contribution in [-0.2, 0) is 0 Å². The molecule has 5 heteroatoms. The number of nitrogens with zero attached hydrogens (tertiary/aromatic N) is 2. The average molecular weight is 302 g/mol. The molecule has 0 aromatic carbocycles. The van der Waals surface area contributed by atoms with Crippen LogP contribution in [0.4, 0.5) is 5.82 Å². The molecule has 0 saturated heterocycles. The minimum atomic E-state index is -0.772. The molecule has 0 spiro atoms. The highest BCUT2D eigenvalue weighted by atomic mass is 79.9. The average Bonchev–Trinajstić information content (AvgIpc) is 2.18. The van der Waals surface area contributed by atoms with Gasteiger partial charge in [-0.1, -0.05) is 0 Å². The monoisotopic (exact) mass is 301 g/mol. The van der Waals surface area contributed by atoms with Crippen LogP contribution in [-0.4, -0.2) is 47.8 Å². The molecule has 0 saturated carbocycles. The van der Waals surface area contributed by atoms with Gasteiger partial charge in [-0.15, -0.1) is 0 Å². The molecule has 0 bridgehead atoms. The van der Waals surface area contributed by atoms with E-state index in [0.717, 1.165) is 16.0 Å². The first-order valence-electron chi connectivity index (χ1n) is 5.54. The number of rotatable bonds is 5. The molecule has 17 heavy (non-hydrogen) atoms. The Balaban J connectivity index is 2.58. The maximum Gasteiger partial charge on any atom is 0.126 e. The third-order valence-electron chi connectivity index (χ3n) is 2.33. The number of pyridine rings is 1. The molecule has 1 unspecified atom stereocenters. The SMILES string of the molecule is Cc1nc(NCC(C)(O)CN(C)C)ccc1Br. The fourth-order valence-corrected chi connectivity index (χ4v) is 1.88. The number of hydrogen-bond acceptors (Lipinski definition) is 4. The highest BCUT2D eigenvalue weighted by molar-refractivity contribution is 9.10. The third kappa shape index (κ3) is 5.02. The summed E-state index contributed by atoms with van der Waals surface area (Å²) >= 11 is 3.41. The first-order valence-corrected chi connectivity index (χ1v) is 6.33. The summed E-state index contributed by atoms with van der Waals surface area (Å²) in [4.78, 5) is 6.33. The van der Waals surface area contributed by atoms with Crippen LogP contribution >= 0.6 is 15.9 Å². The highest BCUT2D eigenvalue weighted by Gasteiger charge is 2.21. The zero-order valence-electron chi connectivity index (χ0n) is 10.8. The van der Waals surface area contributed by atoms with Gasteiger partial charge in [0.15, 0.2) is 0 Å². The summed E-state index contributed by atoms with van der Waals surface area (Å²) in [5, 5.41) is 13.3. The lowest BCUT2D eigenvalue weighted by Gasteiger charge is -2.27. The Morgan fingerprint density at radius 2 is 2.12 bits per heavy atom. The third-order valence-corrected chi connectivity index (χ3v) is 3.17.